The Hall–Kier alpha value is -2.41. The summed E-state index contributed by atoms with van der Waals surface area (Å²) in [5.74, 6) is -0.434. The van der Waals surface area contributed by atoms with Crippen LogP contribution in [0.15, 0.2) is 29.1 Å². The molecular formula is C14H11FN2O. The highest BCUT2D eigenvalue weighted by atomic mass is 19.1. The fraction of sp³-hybridized carbons (Fsp3) is 0.143. The molecule has 0 radical (unpaired) electrons. The molecule has 18 heavy (non-hydrogen) atoms. The van der Waals surface area contributed by atoms with Crippen LogP contribution in [0.2, 0.25) is 0 Å². The number of aromatic amines is 1. The second kappa shape index (κ2) is 4.46. The first-order valence-electron chi connectivity index (χ1n) is 5.44. The number of aromatic nitrogens is 1. The van der Waals surface area contributed by atoms with Crippen molar-refractivity contribution < 1.29 is 4.39 Å². The van der Waals surface area contributed by atoms with Crippen LogP contribution >= 0.6 is 0 Å². The van der Waals surface area contributed by atoms with Crippen molar-refractivity contribution in [3.8, 4) is 17.2 Å². The first kappa shape index (κ1) is 12.1. The Morgan fingerprint density at radius 1 is 1.33 bits per heavy atom. The second-order valence-corrected chi connectivity index (χ2v) is 4.11. The number of hydrogen-bond donors (Lipinski definition) is 1. The number of rotatable bonds is 1. The van der Waals surface area contributed by atoms with Crippen molar-refractivity contribution in [2.75, 3.05) is 0 Å². The topological polar surface area (TPSA) is 56.6 Å². The second-order valence-electron chi connectivity index (χ2n) is 4.11. The van der Waals surface area contributed by atoms with Gasteiger partial charge in [-0.3, -0.25) is 4.79 Å². The van der Waals surface area contributed by atoms with Crippen LogP contribution in [0.3, 0.4) is 0 Å². The SMILES string of the molecule is Cc1cc(-c2c(C)cccc2F)c(C#N)c(=O)[nH]1. The molecule has 0 aliphatic heterocycles. The summed E-state index contributed by atoms with van der Waals surface area (Å²) in [5.41, 5.74) is 1.38. The van der Waals surface area contributed by atoms with Crippen molar-refractivity contribution >= 4 is 0 Å². The van der Waals surface area contributed by atoms with Gasteiger partial charge in [0, 0.05) is 16.8 Å². The summed E-state index contributed by atoms with van der Waals surface area (Å²) in [4.78, 5) is 14.2. The maximum absolute atomic E-state index is 13.9. The van der Waals surface area contributed by atoms with E-state index in [0.717, 1.165) is 0 Å². The third-order valence-electron chi connectivity index (χ3n) is 2.77. The van der Waals surface area contributed by atoms with Gasteiger partial charge in [-0.25, -0.2) is 4.39 Å². The lowest BCUT2D eigenvalue weighted by Crippen LogP contribution is -2.13. The highest BCUT2D eigenvalue weighted by Crippen LogP contribution is 2.28. The minimum Gasteiger partial charge on any atom is -0.325 e. The highest BCUT2D eigenvalue weighted by Gasteiger charge is 2.15. The van der Waals surface area contributed by atoms with Crippen molar-refractivity contribution in [3.63, 3.8) is 0 Å². The predicted molar refractivity (Wildman–Crippen MR) is 66.6 cm³/mol. The van der Waals surface area contributed by atoms with Crippen molar-refractivity contribution in [2.45, 2.75) is 13.8 Å². The molecule has 0 unspecified atom stereocenters. The molecule has 0 atom stereocenters. The van der Waals surface area contributed by atoms with Gasteiger partial charge in [-0.05, 0) is 31.5 Å². The summed E-state index contributed by atoms with van der Waals surface area (Å²) in [5, 5.41) is 9.04. The van der Waals surface area contributed by atoms with Gasteiger partial charge in [-0.2, -0.15) is 5.26 Å². The predicted octanol–water partition coefficient (Wildman–Crippen LogP) is 2.67. The fourth-order valence-electron chi connectivity index (χ4n) is 1.97. The molecule has 0 saturated carbocycles. The quantitative estimate of drug-likeness (QED) is 0.835. The van der Waals surface area contributed by atoms with Crippen LogP contribution < -0.4 is 5.56 Å². The fourth-order valence-corrected chi connectivity index (χ4v) is 1.97. The third kappa shape index (κ3) is 1.91. The molecule has 0 aliphatic rings. The Bertz CT molecular complexity index is 690. The molecule has 1 heterocycles. The largest absolute Gasteiger partial charge is 0.325 e. The Labute approximate surface area is 104 Å². The van der Waals surface area contributed by atoms with E-state index in [0.29, 0.717) is 22.4 Å². The number of benzene rings is 1. The van der Waals surface area contributed by atoms with Crippen molar-refractivity contribution in [3.05, 3.63) is 57.3 Å². The normalized spacial score (nSPS) is 10.1. The molecule has 4 heteroatoms. The lowest BCUT2D eigenvalue weighted by Gasteiger charge is -2.09. The van der Waals surface area contributed by atoms with Gasteiger partial charge in [-0.1, -0.05) is 12.1 Å². The smallest absolute Gasteiger partial charge is 0.266 e. The molecule has 3 nitrogen and oxygen atoms in total. The Balaban J connectivity index is 2.88. The summed E-state index contributed by atoms with van der Waals surface area (Å²) in [6, 6.07) is 8.11. The molecule has 0 bridgehead atoms. The zero-order valence-electron chi connectivity index (χ0n) is 10.0. The first-order chi connectivity index (χ1) is 8.54. The molecule has 2 aromatic rings. The van der Waals surface area contributed by atoms with Crippen molar-refractivity contribution in [1.82, 2.24) is 4.98 Å². The summed E-state index contributed by atoms with van der Waals surface area (Å²) in [6.07, 6.45) is 0. The van der Waals surface area contributed by atoms with Gasteiger partial charge in [-0.15, -0.1) is 0 Å². The van der Waals surface area contributed by atoms with Gasteiger partial charge in [0.15, 0.2) is 0 Å². The number of nitriles is 1. The number of hydrogen-bond acceptors (Lipinski definition) is 2. The molecule has 1 aromatic carbocycles. The molecular weight excluding hydrogens is 231 g/mol. The van der Waals surface area contributed by atoms with E-state index in [-0.39, 0.29) is 5.56 Å². The molecule has 0 spiro atoms. The van der Waals surface area contributed by atoms with E-state index in [4.69, 9.17) is 5.26 Å². The van der Waals surface area contributed by atoms with Crippen LogP contribution in [0.5, 0.6) is 0 Å². The molecule has 90 valence electrons. The summed E-state index contributed by atoms with van der Waals surface area (Å²) >= 11 is 0. The van der Waals surface area contributed by atoms with E-state index in [2.05, 4.69) is 4.98 Å². The minimum atomic E-state index is -0.491. The highest BCUT2D eigenvalue weighted by molar-refractivity contribution is 5.73. The van der Waals surface area contributed by atoms with Gasteiger partial charge in [0.2, 0.25) is 0 Å². The van der Waals surface area contributed by atoms with E-state index in [1.165, 1.54) is 6.07 Å². The van der Waals surface area contributed by atoms with Crippen LogP contribution in [-0.2, 0) is 0 Å². The first-order valence-corrected chi connectivity index (χ1v) is 5.44. The summed E-state index contributed by atoms with van der Waals surface area (Å²) < 4.78 is 13.9. The van der Waals surface area contributed by atoms with Gasteiger partial charge in [0.1, 0.15) is 17.4 Å². The average molecular weight is 242 g/mol. The third-order valence-corrected chi connectivity index (χ3v) is 2.77. The zero-order chi connectivity index (χ0) is 13.3. The van der Waals surface area contributed by atoms with Crippen molar-refractivity contribution in [2.24, 2.45) is 0 Å². The van der Waals surface area contributed by atoms with Crippen LogP contribution in [0.1, 0.15) is 16.8 Å². The monoisotopic (exact) mass is 242 g/mol. The van der Waals surface area contributed by atoms with Crippen LogP contribution in [0, 0.1) is 31.0 Å². The van der Waals surface area contributed by atoms with Crippen LogP contribution in [-0.4, -0.2) is 4.98 Å². The van der Waals surface area contributed by atoms with E-state index in [1.807, 2.05) is 6.07 Å². The molecule has 0 aliphatic carbocycles. The van der Waals surface area contributed by atoms with Gasteiger partial charge in [0.05, 0.1) is 0 Å². The minimum absolute atomic E-state index is 0.0613. The Kier molecular flexibility index (Phi) is 2.99. The zero-order valence-corrected chi connectivity index (χ0v) is 10.0. The van der Waals surface area contributed by atoms with Crippen molar-refractivity contribution in [1.29, 1.82) is 5.26 Å². The molecule has 0 amide bonds. The van der Waals surface area contributed by atoms with Crippen LogP contribution in [0.25, 0.3) is 11.1 Å². The summed E-state index contributed by atoms with van der Waals surface area (Å²) in [7, 11) is 0. The molecule has 2 rings (SSSR count). The van der Waals surface area contributed by atoms with E-state index >= 15 is 0 Å². The van der Waals surface area contributed by atoms with E-state index in [9.17, 15) is 9.18 Å². The molecule has 0 saturated heterocycles. The number of nitrogens with zero attached hydrogens (tertiary/aromatic N) is 1. The number of aryl methyl sites for hydroxylation is 2. The number of H-pyrrole nitrogens is 1. The molecule has 1 aromatic heterocycles. The summed E-state index contributed by atoms with van der Waals surface area (Å²) in [6.45, 7) is 3.44. The number of nitrogens with one attached hydrogen (secondary N) is 1. The maximum Gasteiger partial charge on any atom is 0.266 e. The number of pyridine rings is 1. The van der Waals surface area contributed by atoms with E-state index < -0.39 is 11.4 Å². The Morgan fingerprint density at radius 2 is 2.06 bits per heavy atom. The lowest BCUT2D eigenvalue weighted by atomic mass is 9.96. The maximum atomic E-state index is 13.9. The lowest BCUT2D eigenvalue weighted by molar-refractivity contribution is 0.630. The van der Waals surface area contributed by atoms with Gasteiger partial charge in [0.25, 0.3) is 5.56 Å². The number of halogens is 1. The standard InChI is InChI=1S/C14H11FN2O/c1-8-4-3-5-12(15)13(8)10-6-9(2)17-14(18)11(10)7-16/h3-6H,1-2H3,(H,17,18). The van der Waals surface area contributed by atoms with Crippen LogP contribution in [0.4, 0.5) is 4.39 Å². The molecule has 0 fully saturated rings. The average Bonchev–Trinajstić information content (AvgIpc) is 2.28. The molecule has 1 N–H and O–H groups in total. The van der Waals surface area contributed by atoms with Gasteiger partial charge >= 0.3 is 0 Å². The Morgan fingerprint density at radius 3 is 2.67 bits per heavy atom. The van der Waals surface area contributed by atoms with E-state index in [1.54, 1.807) is 32.0 Å². The van der Waals surface area contributed by atoms with Gasteiger partial charge < -0.3 is 4.98 Å².